The molecule has 1 atom stereocenters. The van der Waals surface area contributed by atoms with Crippen molar-refractivity contribution in [2.45, 2.75) is 63.3 Å². The van der Waals surface area contributed by atoms with Crippen LogP contribution in [0.1, 0.15) is 95.5 Å². The number of rotatable bonds is 9. The average Bonchev–Trinajstić information content (AvgIpc) is 3.54. The standard InChI is InChI=1S/C24H31N3O4/c28-13-5-12-25-23(29)19-9-4-8-18(14-19)22(17-6-2-1-3-7-17)26-24(30)20-15-21(31-27-20)16-10-11-16/h4,8-9,14-17,22,28H,1-3,5-7,10-13H2,(H,25,29)(H,26,30). The van der Waals surface area contributed by atoms with E-state index in [1.165, 1.54) is 6.42 Å². The van der Waals surface area contributed by atoms with E-state index in [1.54, 1.807) is 12.1 Å². The first-order chi connectivity index (χ1) is 15.2. The van der Waals surface area contributed by atoms with Crippen molar-refractivity contribution in [3.63, 3.8) is 0 Å². The molecule has 2 aliphatic carbocycles. The number of nitrogens with one attached hydrogen (secondary N) is 2. The van der Waals surface area contributed by atoms with Gasteiger partial charge in [-0.25, -0.2) is 0 Å². The van der Waals surface area contributed by atoms with Crippen molar-refractivity contribution < 1.29 is 19.2 Å². The Morgan fingerprint density at radius 1 is 1.10 bits per heavy atom. The molecule has 2 amide bonds. The summed E-state index contributed by atoms with van der Waals surface area (Å²) in [6, 6.07) is 9.06. The normalized spacial score (nSPS) is 17.8. The van der Waals surface area contributed by atoms with Crippen molar-refractivity contribution in [3.05, 3.63) is 52.9 Å². The molecule has 1 heterocycles. The van der Waals surface area contributed by atoms with Crippen molar-refractivity contribution in [3.8, 4) is 0 Å². The highest BCUT2D eigenvalue weighted by atomic mass is 16.5. The van der Waals surface area contributed by atoms with Gasteiger partial charge in [-0.1, -0.05) is 36.6 Å². The van der Waals surface area contributed by atoms with Crippen LogP contribution in [0.5, 0.6) is 0 Å². The van der Waals surface area contributed by atoms with E-state index >= 15 is 0 Å². The molecule has 0 saturated heterocycles. The molecule has 7 heteroatoms. The smallest absolute Gasteiger partial charge is 0.273 e. The van der Waals surface area contributed by atoms with Gasteiger partial charge in [0.25, 0.3) is 11.8 Å². The number of nitrogens with zero attached hydrogens (tertiary/aromatic N) is 1. The third kappa shape index (κ3) is 5.53. The Bertz CT molecular complexity index is 900. The number of carbonyl (C=O) groups is 2. The molecular formula is C24H31N3O4. The van der Waals surface area contributed by atoms with Crippen LogP contribution < -0.4 is 10.6 Å². The van der Waals surface area contributed by atoms with Gasteiger partial charge in [-0.15, -0.1) is 0 Å². The summed E-state index contributed by atoms with van der Waals surface area (Å²) in [5.74, 6) is 1.11. The first-order valence-corrected chi connectivity index (χ1v) is 11.4. The first kappa shape index (κ1) is 21.6. The molecule has 1 aromatic carbocycles. The predicted octanol–water partition coefficient (Wildman–Crippen LogP) is 3.72. The van der Waals surface area contributed by atoms with Gasteiger partial charge in [0.15, 0.2) is 5.69 Å². The highest BCUT2D eigenvalue weighted by molar-refractivity contribution is 5.94. The molecule has 7 nitrogen and oxygen atoms in total. The number of aromatic nitrogens is 1. The average molecular weight is 426 g/mol. The molecule has 0 bridgehead atoms. The van der Waals surface area contributed by atoms with E-state index in [9.17, 15) is 9.59 Å². The number of aliphatic hydroxyl groups excluding tert-OH is 1. The summed E-state index contributed by atoms with van der Waals surface area (Å²) in [4.78, 5) is 25.5. The lowest BCUT2D eigenvalue weighted by Crippen LogP contribution is -2.35. The van der Waals surface area contributed by atoms with Crippen molar-refractivity contribution in [2.24, 2.45) is 5.92 Å². The molecule has 31 heavy (non-hydrogen) atoms. The Morgan fingerprint density at radius 3 is 2.65 bits per heavy atom. The molecule has 0 spiro atoms. The second-order valence-corrected chi connectivity index (χ2v) is 8.70. The van der Waals surface area contributed by atoms with Crippen LogP contribution in [0.15, 0.2) is 34.9 Å². The number of hydrogen-bond donors (Lipinski definition) is 3. The fraction of sp³-hybridized carbons (Fsp3) is 0.542. The van der Waals surface area contributed by atoms with Gasteiger partial charge in [0, 0.05) is 30.7 Å². The molecule has 2 fully saturated rings. The third-order valence-electron chi connectivity index (χ3n) is 6.28. The van der Waals surface area contributed by atoms with Gasteiger partial charge in [-0.05, 0) is 55.7 Å². The van der Waals surface area contributed by atoms with Gasteiger partial charge >= 0.3 is 0 Å². The SMILES string of the molecule is O=C(NCCCO)c1cccc(C(NC(=O)c2cc(C3CC3)on2)C2CCCCC2)c1. The van der Waals surface area contributed by atoms with E-state index in [4.69, 9.17) is 9.63 Å². The lowest BCUT2D eigenvalue weighted by Gasteiger charge is -2.31. The maximum atomic E-state index is 13.0. The lowest BCUT2D eigenvalue weighted by molar-refractivity contribution is 0.0903. The van der Waals surface area contributed by atoms with Crippen LogP contribution in [0.2, 0.25) is 0 Å². The van der Waals surface area contributed by atoms with Crippen LogP contribution in [0.25, 0.3) is 0 Å². The van der Waals surface area contributed by atoms with E-state index in [1.807, 2.05) is 18.2 Å². The Hall–Kier alpha value is -2.67. The Labute approximate surface area is 182 Å². The summed E-state index contributed by atoms with van der Waals surface area (Å²) < 4.78 is 5.36. The summed E-state index contributed by atoms with van der Waals surface area (Å²) >= 11 is 0. The van der Waals surface area contributed by atoms with E-state index in [0.29, 0.717) is 36.1 Å². The fourth-order valence-corrected chi connectivity index (χ4v) is 4.37. The molecule has 3 N–H and O–H groups in total. The molecule has 4 rings (SSSR count). The Kier molecular flexibility index (Phi) is 7.02. The zero-order valence-corrected chi connectivity index (χ0v) is 17.8. The largest absolute Gasteiger partial charge is 0.396 e. The number of amides is 2. The van der Waals surface area contributed by atoms with Gasteiger partial charge < -0.3 is 20.3 Å². The summed E-state index contributed by atoms with van der Waals surface area (Å²) in [7, 11) is 0. The Balaban J connectivity index is 1.52. The summed E-state index contributed by atoms with van der Waals surface area (Å²) in [5.41, 5.74) is 1.81. The van der Waals surface area contributed by atoms with Crippen molar-refractivity contribution in [1.82, 2.24) is 15.8 Å². The number of hydrogen-bond acceptors (Lipinski definition) is 5. The van der Waals surface area contributed by atoms with Crippen LogP contribution >= 0.6 is 0 Å². The number of carbonyl (C=O) groups excluding carboxylic acids is 2. The van der Waals surface area contributed by atoms with Crippen molar-refractivity contribution >= 4 is 11.8 Å². The van der Waals surface area contributed by atoms with E-state index in [2.05, 4.69) is 15.8 Å². The molecule has 0 radical (unpaired) electrons. The quantitative estimate of drug-likeness (QED) is 0.531. The summed E-state index contributed by atoms with van der Waals surface area (Å²) in [6.45, 7) is 0.471. The van der Waals surface area contributed by atoms with Gasteiger partial charge in [0.2, 0.25) is 0 Å². The van der Waals surface area contributed by atoms with Crippen LogP contribution in [-0.2, 0) is 0 Å². The fourth-order valence-electron chi connectivity index (χ4n) is 4.37. The van der Waals surface area contributed by atoms with Crippen LogP contribution in [0.4, 0.5) is 0 Å². The first-order valence-electron chi connectivity index (χ1n) is 11.4. The number of benzene rings is 1. The molecule has 166 valence electrons. The monoisotopic (exact) mass is 425 g/mol. The highest BCUT2D eigenvalue weighted by Gasteiger charge is 2.31. The molecule has 2 saturated carbocycles. The zero-order chi connectivity index (χ0) is 21.6. The van der Waals surface area contributed by atoms with Crippen molar-refractivity contribution in [1.29, 1.82) is 0 Å². The van der Waals surface area contributed by atoms with E-state index in [-0.39, 0.29) is 24.5 Å². The maximum absolute atomic E-state index is 13.0. The molecular weight excluding hydrogens is 394 g/mol. The lowest BCUT2D eigenvalue weighted by atomic mass is 9.80. The molecule has 0 aliphatic heterocycles. The summed E-state index contributed by atoms with van der Waals surface area (Å²) in [6.07, 6.45) is 8.31. The zero-order valence-electron chi connectivity index (χ0n) is 17.8. The van der Waals surface area contributed by atoms with E-state index in [0.717, 1.165) is 49.8 Å². The van der Waals surface area contributed by atoms with Crippen LogP contribution in [-0.4, -0.2) is 35.2 Å². The third-order valence-corrected chi connectivity index (χ3v) is 6.28. The van der Waals surface area contributed by atoms with Crippen LogP contribution in [0.3, 0.4) is 0 Å². The second-order valence-electron chi connectivity index (χ2n) is 8.70. The predicted molar refractivity (Wildman–Crippen MR) is 116 cm³/mol. The Morgan fingerprint density at radius 2 is 1.90 bits per heavy atom. The van der Waals surface area contributed by atoms with Gasteiger partial charge in [-0.3, -0.25) is 9.59 Å². The van der Waals surface area contributed by atoms with E-state index < -0.39 is 0 Å². The van der Waals surface area contributed by atoms with Crippen LogP contribution in [0, 0.1) is 5.92 Å². The maximum Gasteiger partial charge on any atom is 0.273 e. The molecule has 1 aromatic heterocycles. The molecule has 2 aliphatic rings. The van der Waals surface area contributed by atoms with Crippen molar-refractivity contribution in [2.75, 3.05) is 13.2 Å². The highest BCUT2D eigenvalue weighted by Crippen LogP contribution is 2.40. The number of aliphatic hydroxyl groups is 1. The topological polar surface area (TPSA) is 104 Å². The van der Waals surface area contributed by atoms with Gasteiger partial charge in [-0.2, -0.15) is 0 Å². The van der Waals surface area contributed by atoms with Gasteiger partial charge in [0.05, 0.1) is 6.04 Å². The minimum Gasteiger partial charge on any atom is -0.396 e. The second kappa shape index (κ2) is 10.1. The minimum absolute atomic E-state index is 0.0423. The molecule has 2 aromatic rings. The summed E-state index contributed by atoms with van der Waals surface area (Å²) in [5, 5.41) is 18.9. The molecule has 1 unspecified atom stereocenters. The van der Waals surface area contributed by atoms with Gasteiger partial charge in [0.1, 0.15) is 5.76 Å². The minimum atomic E-state index is -0.232.